The summed E-state index contributed by atoms with van der Waals surface area (Å²) in [7, 11) is 0. The van der Waals surface area contributed by atoms with Gasteiger partial charge in [0.25, 0.3) is 5.92 Å². The highest BCUT2D eigenvalue weighted by Gasteiger charge is 2.46. The molecule has 1 aromatic heterocycles. The second-order valence-electron chi connectivity index (χ2n) is 4.36. The van der Waals surface area contributed by atoms with Crippen LogP contribution < -0.4 is 11.1 Å². The van der Waals surface area contributed by atoms with Crippen LogP contribution in [0.2, 0.25) is 0 Å². The zero-order valence-corrected chi connectivity index (χ0v) is 10.7. The second kappa shape index (κ2) is 5.23. The van der Waals surface area contributed by atoms with Crippen molar-refractivity contribution in [2.75, 3.05) is 17.6 Å². The van der Waals surface area contributed by atoms with E-state index < -0.39 is 24.3 Å². The Hall–Kier alpha value is -1.90. The standard InChI is InChI=1S/C11H14F3N5O/c1-2-16-10-18-8(17-9(15)19-10)5-3-4-11(13,14)7(20)6(5)12/h7,20H,2-4H2,1H3,(H3,15,16,17,18,19)/t7-/m0/s1. The molecule has 0 aliphatic heterocycles. The predicted octanol–water partition coefficient (Wildman–Crippen LogP) is 1.36. The zero-order chi connectivity index (χ0) is 14.9. The number of rotatable bonds is 3. The molecule has 0 amide bonds. The number of aromatic nitrogens is 3. The van der Waals surface area contributed by atoms with E-state index in [0.717, 1.165) is 0 Å². The van der Waals surface area contributed by atoms with Crippen LogP contribution >= 0.6 is 0 Å². The molecule has 6 nitrogen and oxygen atoms in total. The van der Waals surface area contributed by atoms with E-state index in [4.69, 9.17) is 5.73 Å². The smallest absolute Gasteiger partial charge is 0.280 e. The van der Waals surface area contributed by atoms with E-state index in [0.29, 0.717) is 6.54 Å². The van der Waals surface area contributed by atoms with Gasteiger partial charge in [-0.1, -0.05) is 0 Å². The van der Waals surface area contributed by atoms with Gasteiger partial charge >= 0.3 is 0 Å². The molecule has 4 N–H and O–H groups in total. The average molecular weight is 289 g/mol. The lowest BCUT2D eigenvalue weighted by Crippen LogP contribution is -2.37. The highest BCUT2D eigenvalue weighted by Crippen LogP contribution is 2.40. The number of aliphatic hydroxyl groups is 1. The van der Waals surface area contributed by atoms with Crippen LogP contribution in [-0.4, -0.2) is 38.6 Å². The Bertz CT molecular complexity index is 549. The summed E-state index contributed by atoms with van der Waals surface area (Å²) in [6.07, 6.45) is -3.45. The number of nitrogens with two attached hydrogens (primary N) is 1. The minimum absolute atomic E-state index is 0.127. The van der Waals surface area contributed by atoms with E-state index in [2.05, 4.69) is 20.3 Å². The van der Waals surface area contributed by atoms with E-state index in [1.54, 1.807) is 6.92 Å². The number of nitrogens with one attached hydrogen (secondary N) is 1. The van der Waals surface area contributed by atoms with Crippen molar-refractivity contribution in [1.29, 1.82) is 0 Å². The molecule has 0 fully saturated rings. The van der Waals surface area contributed by atoms with Gasteiger partial charge in [0, 0.05) is 18.5 Å². The highest BCUT2D eigenvalue weighted by molar-refractivity contribution is 5.65. The van der Waals surface area contributed by atoms with Gasteiger partial charge < -0.3 is 16.2 Å². The molecular formula is C11H14F3N5O. The van der Waals surface area contributed by atoms with E-state index in [1.807, 2.05) is 0 Å². The molecule has 0 saturated heterocycles. The fourth-order valence-electron chi connectivity index (χ4n) is 1.88. The lowest BCUT2D eigenvalue weighted by Gasteiger charge is -2.27. The Morgan fingerprint density at radius 1 is 1.40 bits per heavy atom. The number of halogens is 3. The summed E-state index contributed by atoms with van der Waals surface area (Å²) in [4.78, 5) is 11.4. The van der Waals surface area contributed by atoms with Gasteiger partial charge in [-0.25, -0.2) is 13.2 Å². The van der Waals surface area contributed by atoms with Crippen molar-refractivity contribution in [2.45, 2.75) is 31.8 Å². The fraction of sp³-hybridized carbons (Fsp3) is 0.545. The summed E-state index contributed by atoms with van der Waals surface area (Å²) in [5.41, 5.74) is 5.30. The van der Waals surface area contributed by atoms with Crippen molar-refractivity contribution < 1.29 is 18.3 Å². The van der Waals surface area contributed by atoms with E-state index in [1.165, 1.54) is 0 Å². The van der Waals surface area contributed by atoms with Crippen molar-refractivity contribution in [3.8, 4) is 0 Å². The van der Waals surface area contributed by atoms with Gasteiger partial charge in [0.2, 0.25) is 11.9 Å². The molecule has 0 radical (unpaired) electrons. The van der Waals surface area contributed by atoms with Gasteiger partial charge in [0.15, 0.2) is 11.9 Å². The maximum absolute atomic E-state index is 13.9. The number of hydrogen-bond donors (Lipinski definition) is 3. The monoisotopic (exact) mass is 289 g/mol. The van der Waals surface area contributed by atoms with E-state index >= 15 is 0 Å². The summed E-state index contributed by atoms with van der Waals surface area (Å²) in [6, 6.07) is 0. The van der Waals surface area contributed by atoms with E-state index in [-0.39, 0.29) is 29.7 Å². The topological polar surface area (TPSA) is 97.0 Å². The first-order chi connectivity index (χ1) is 9.35. The molecule has 1 atom stereocenters. The van der Waals surface area contributed by atoms with Gasteiger partial charge in [0.1, 0.15) is 5.83 Å². The molecule has 1 aliphatic rings. The lowest BCUT2D eigenvalue weighted by atomic mass is 9.92. The van der Waals surface area contributed by atoms with Gasteiger partial charge in [-0.3, -0.25) is 0 Å². The number of aliphatic hydroxyl groups excluding tert-OH is 1. The summed E-state index contributed by atoms with van der Waals surface area (Å²) in [6.45, 7) is 2.30. The highest BCUT2D eigenvalue weighted by atomic mass is 19.3. The predicted molar refractivity (Wildman–Crippen MR) is 66.6 cm³/mol. The lowest BCUT2D eigenvalue weighted by molar-refractivity contribution is -0.107. The second-order valence-corrected chi connectivity index (χ2v) is 4.36. The SMILES string of the molecule is CCNc1nc(N)nc(C2=C(F)[C@H](O)C(F)(F)CC2)n1. The number of alkyl halides is 2. The Morgan fingerprint density at radius 2 is 2.10 bits per heavy atom. The molecule has 1 aromatic rings. The number of hydrogen-bond acceptors (Lipinski definition) is 6. The Labute approximate surface area is 112 Å². The molecule has 2 rings (SSSR count). The van der Waals surface area contributed by atoms with Gasteiger partial charge in [-0.2, -0.15) is 15.0 Å². The normalized spacial score (nSPS) is 21.9. The largest absolute Gasteiger partial charge is 0.380 e. The van der Waals surface area contributed by atoms with Crippen LogP contribution in [0.5, 0.6) is 0 Å². The fourth-order valence-corrected chi connectivity index (χ4v) is 1.88. The summed E-state index contributed by atoms with van der Waals surface area (Å²) in [5.74, 6) is -4.98. The third-order valence-corrected chi connectivity index (χ3v) is 2.89. The molecule has 0 bridgehead atoms. The Morgan fingerprint density at radius 3 is 2.75 bits per heavy atom. The molecule has 1 aliphatic carbocycles. The molecule has 0 saturated carbocycles. The van der Waals surface area contributed by atoms with Crippen LogP contribution in [0.25, 0.3) is 5.57 Å². The number of allylic oxidation sites excluding steroid dienone is 1. The molecule has 0 unspecified atom stereocenters. The Balaban J connectivity index is 2.43. The van der Waals surface area contributed by atoms with E-state index in [9.17, 15) is 18.3 Å². The minimum Gasteiger partial charge on any atom is -0.380 e. The van der Waals surface area contributed by atoms with Crippen molar-refractivity contribution >= 4 is 17.5 Å². The third kappa shape index (κ3) is 2.67. The van der Waals surface area contributed by atoms with Crippen molar-refractivity contribution in [2.24, 2.45) is 0 Å². The third-order valence-electron chi connectivity index (χ3n) is 2.89. The van der Waals surface area contributed by atoms with Crippen molar-refractivity contribution in [3.63, 3.8) is 0 Å². The summed E-state index contributed by atoms with van der Waals surface area (Å²) < 4.78 is 40.3. The Kier molecular flexibility index (Phi) is 3.80. The summed E-state index contributed by atoms with van der Waals surface area (Å²) >= 11 is 0. The molecule has 20 heavy (non-hydrogen) atoms. The summed E-state index contributed by atoms with van der Waals surface area (Å²) in [5, 5.41) is 12.1. The van der Waals surface area contributed by atoms with Gasteiger partial charge in [-0.05, 0) is 13.3 Å². The van der Waals surface area contributed by atoms with Gasteiger partial charge in [-0.15, -0.1) is 0 Å². The van der Waals surface area contributed by atoms with Gasteiger partial charge in [0.05, 0.1) is 0 Å². The quantitative estimate of drug-likeness (QED) is 0.777. The van der Waals surface area contributed by atoms with Crippen molar-refractivity contribution in [3.05, 3.63) is 11.7 Å². The number of anilines is 2. The molecule has 0 spiro atoms. The zero-order valence-electron chi connectivity index (χ0n) is 10.7. The average Bonchev–Trinajstić information content (AvgIpc) is 2.36. The number of nitrogens with zero attached hydrogens (tertiary/aromatic N) is 3. The first-order valence-electron chi connectivity index (χ1n) is 6.05. The maximum Gasteiger partial charge on any atom is 0.280 e. The van der Waals surface area contributed by atoms with Crippen LogP contribution in [0.1, 0.15) is 25.6 Å². The van der Waals surface area contributed by atoms with Crippen molar-refractivity contribution in [1.82, 2.24) is 15.0 Å². The van der Waals surface area contributed by atoms with Crippen LogP contribution in [0.3, 0.4) is 0 Å². The number of nitrogen functional groups attached to an aromatic ring is 1. The minimum atomic E-state index is -3.49. The van der Waals surface area contributed by atoms with Crippen LogP contribution in [-0.2, 0) is 0 Å². The molecule has 0 aromatic carbocycles. The maximum atomic E-state index is 13.9. The molecule has 110 valence electrons. The molecular weight excluding hydrogens is 275 g/mol. The molecule has 1 heterocycles. The first-order valence-corrected chi connectivity index (χ1v) is 6.05. The van der Waals surface area contributed by atoms with Crippen LogP contribution in [0, 0.1) is 0 Å². The van der Waals surface area contributed by atoms with Crippen LogP contribution in [0.15, 0.2) is 5.83 Å². The first kappa shape index (κ1) is 14.5. The van der Waals surface area contributed by atoms with Crippen LogP contribution in [0.4, 0.5) is 25.1 Å². The molecule has 9 heteroatoms.